The highest BCUT2D eigenvalue weighted by Crippen LogP contribution is 2.39. The highest BCUT2D eigenvalue weighted by atomic mass is 31.2. The predicted octanol–water partition coefficient (Wildman–Crippen LogP) is 9.63. The van der Waals surface area contributed by atoms with E-state index >= 15 is 0 Å². The molecule has 41 heavy (non-hydrogen) atoms. The topological polar surface area (TPSA) is 68.8 Å². The molecule has 0 saturated carbocycles. The number of hydrogen-bond acceptors (Lipinski definition) is 5. The highest BCUT2D eigenvalue weighted by Gasteiger charge is 2.12. The summed E-state index contributed by atoms with van der Waals surface area (Å²) in [6, 6.07) is 15.5. The van der Waals surface area contributed by atoms with E-state index < -0.39 is 8.60 Å². The molecule has 0 aromatic heterocycles. The van der Waals surface area contributed by atoms with Crippen LogP contribution in [0.4, 0.5) is 11.4 Å². The first-order valence-electron chi connectivity index (χ1n) is 14.7. The van der Waals surface area contributed by atoms with Crippen LogP contribution < -0.4 is 10.6 Å². The van der Waals surface area contributed by atoms with Gasteiger partial charge in [0.05, 0.1) is 25.4 Å². The standard InChI is InChI=1S/C34H49N2O4P/c1-7-38-41(39-8-2)40-26-24-30-19-21-31(22-20-30)36-34(37)32-17-9-10-18-33(32)35-25-23-29(6)16-12-15-28(5)14-11-13-27(3)4/h9-10,13,15,17-23,35H,7-8,11-12,14,16,24-26H2,1-6H3,(H,36,37)/b28-15+,29-23+. The lowest BCUT2D eigenvalue weighted by molar-refractivity contribution is 0.102. The molecule has 0 atom stereocenters. The second-order valence-electron chi connectivity index (χ2n) is 10.2. The van der Waals surface area contributed by atoms with E-state index in [9.17, 15) is 4.79 Å². The molecule has 0 aliphatic rings. The van der Waals surface area contributed by atoms with Crippen molar-refractivity contribution in [1.29, 1.82) is 0 Å². The second-order valence-corrected chi connectivity index (χ2v) is 11.4. The van der Waals surface area contributed by atoms with E-state index in [1.807, 2.05) is 62.4 Å². The van der Waals surface area contributed by atoms with E-state index in [4.69, 9.17) is 13.6 Å². The molecule has 0 radical (unpaired) electrons. The maximum absolute atomic E-state index is 13.1. The van der Waals surface area contributed by atoms with Gasteiger partial charge in [0.2, 0.25) is 0 Å². The minimum atomic E-state index is -1.29. The maximum Gasteiger partial charge on any atom is 0.332 e. The van der Waals surface area contributed by atoms with Crippen molar-refractivity contribution in [3.63, 3.8) is 0 Å². The number of rotatable bonds is 19. The molecule has 2 N–H and O–H groups in total. The lowest BCUT2D eigenvalue weighted by Crippen LogP contribution is -2.15. The molecule has 6 nitrogen and oxygen atoms in total. The summed E-state index contributed by atoms with van der Waals surface area (Å²) in [4.78, 5) is 13.1. The quantitative estimate of drug-likeness (QED) is 0.128. The Hall–Kier alpha value is -2.76. The van der Waals surface area contributed by atoms with Gasteiger partial charge in [0.1, 0.15) is 0 Å². The highest BCUT2D eigenvalue weighted by molar-refractivity contribution is 7.41. The van der Waals surface area contributed by atoms with Crippen LogP contribution in [0.3, 0.4) is 0 Å². The fraction of sp³-hybridized carbons (Fsp3) is 0.441. The fourth-order valence-corrected chi connectivity index (χ4v) is 4.91. The van der Waals surface area contributed by atoms with Crippen LogP contribution in [0, 0.1) is 0 Å². The van der Waals surface area contributed by atoms with E-state index in [1.54, 1.807) is 0 Å². The summed E-state index contributed by atoms with van der Waals surface area (Å²) in [6.45, 7) is 14.8. The van der Waals surface area contributed by atoms with Crippen LogP contribution in [0.1, 0.15) is 83.1 Å². The van der Waals surface area contributed by atoms with Gasteiger partial charge in [-0.3, -0.25) is 4.79 Å². The lowest BCUT2D eigenvalue weighted by Gasteiger charge is -2.15. The molecule has 0 bridgehead atoms. The van der Waals surface area contributed by atoms with Gasteiger partial charge in [-0.05, 0) is 103 Å². The largest absolute Gasteiger partial charge is 0.381 e. The summed E-state index contributed by atoms with van der Waals surface area (Å²) in [5.41, 5.74) is 7.47. The zero-order valence-electron chi connectivity index (χ0n) is 25.8. The van der Waals surface area contributed by atoms with Crippen LogP contribution in [-0.4, -0.2) is 32.3 Å². The molecule has 0 fully saturated rings. The summed E-state index contributed by atoms with van der Waals surface area (Å²) in [6.07, 6.45) is 11.9. The number of nitrogens with one attached hydrogen (secondary N) is 2. The number of amides is 1. The van der Waals surface area contributed by atoms with Crippen molar-refractivity contribution in [2.24, 2.45) is 0 Å². The molecule has 0 spiro atoms. The Morgan fingerprint density at radius 2 is 1.44 bits per heavy atom. The first kappa shape index (κ1) is 34.4. The molecule has 2 aromatic rings. The van der Waals surface area contributed by atoms with Crippen LogP contribution in [0.5, 0.6) is 0 Å². The third-order valence-corrected chi connectivity index (χ3v) is 7.64. The first-order valence-corrected chi connectivity index (χ1v) is 15.8. The summed E-state index contributed by atoms with van der Waals surface area (Å²) in [5, 5.41) is 6.44. The van der Waals surface area contributed by atoms with E-state index in [-0.39, 0.29) is 5.91 Å². The minimum Gasteiger partial charge on any atom is -0.381 e. The number of hydrogen-bond donors (Lipinski definition) is 2. The average Bonchev–Trinajstić information content (AvgIpc) is 2.94. The van der Waals surface area contributed by atoms with E-state index in [0.29, 0.717) is 31.9 Å². The van der Waals surface area contributed by atoms with Gasteiger partial charge in [-0.15, -0.1) is 0 Å². The molecule has 0 aliphatic heterocycles. The predicted molar refractivity (Wildman–Crippen MR) is 175 cm³/mol. The Balaban J connectivity index is 1.83. The van der Waals surface area contributed by atoms with E-state index in [1.165, 1.54) is 16.7 Å². The van der Waals surface area contributed by atoms with Crippen molar-refractivity contribution in [3.05, 3.63) is 94.6 Å². The SMILES string of the molecule is CCOP(OCC)OCCc1ccc(NC(=O)c2ccccc2NC/C=C(\C)CC/C=C(\C)CCC=C(C)C)cc1. The number of carbonyl (C=O) groups is 1. The van der Waals surface area contributed by atoms with Gasteiger partial charge in [0.25, 0.3) is 5.91 Å². The van der Waals surface area contributed by atoms with Crippen molar-refractivity contribution in [2.45, 2.75) is 73.6 Å². The first-order chi connectivity index (χ1) is 19.8. The number of allylic oxidation sites excluding steroid dienone is 5. The van der Waals surface area contributed by atoms with E-state index in [2.05, 4.69) is 56.6 Å². The van der Waals surface area contributed by atoms with Crippen molar-refractivity contribution in [3.8, 4) is 0 Å². The number of benzene rings is 2. The van der Waals surface area contributed by atoms with Gasteiger partial charge in [-0.2, -0.15) is 0 Å². The monoisotopic (exact) mass is 580 g/mol. The van der Waals surface area contributed by atoms with Gasteiger partial charge < -0.3 is 24.2 Å². The zero-order chi connectivity index (χ0) is 29.9. The summed E-state index contributed by atoms with van der Waals surface area (Å²) in [7, 11) is -1.29. The molecule has 1 amide bonds. The van der Waals surface area contributed by atoms with Crippen LogP contribution in [0.2, 0.25) is 0 Å². The smallest absolute Gasteiger partial charge is 0.332 e. The molecule has 0 saturated heterocycles. The molecule has 224 valence electrons. The van der Waals surface area contributed by atoms with Crippen molar-refractivity contribution in [1.82, 2.24) is 0 Å². The van der Waals surface area contributed by atoms with Crippen molar-refractivity contribution < 1.29 is 18.4 Å². The van der Waals surface area contributed by atoms with Gasteiger partial charge in [0.15, 0.2) is 0 Å². The Labute approximate surface area is 249 Å². The third-order valence-electron chi connectivity index (χ3n) is 6.31. The fourth-order valence-electron chi connectivity index (χ4n) is 4.02. The van der Waals surface area contributed by atoms with Gasteiger partial charge >= 0.3 is 8.60 Å². The normalized spacial score (nSPS) is 12.0. The Kier molecular flexibility index (Phi) is 16.9. The molecular formula is C34H49N2O4P. The summed E-state index contributed by atoms with van der Waals surface area (Å²) < 4.78 is 16.7. The molecule has 7 heteroatoms. The summed E-state index contributed by atoms with van der Waals surface area (Å²) in [5.74, 6) is -0.141. The van der Waals surface area contributed by atoms with Crippen LogP contribution in [0.15, 0.2) is 83.5 Å². The van der Waals surface area contributed by atoms with Crippen LogP contribution >= 0.6 is 8.60 Å². The van der Waals surface area contributed by atoms with Crippen molar-refractivity contribution >= 4 is 25.9 Å². The lowest BCUT2D eigenvalue weighted by atomic mass is 10.1. The number of anilines is 2. The average molecular weight is 581 g/mol. The third kappa shape index (κ3) is 14.6. The Morgan fingerprint density at radius 1 is 0.805 bits per heavy atom. The number of para-hydroxylation sites is 1. The van der Waals surface area contributed by atoms with E-state index in [0.717, 1.165) is 49.0 Å². The molecule has 0 unspecified atom stereocenters. The molecule has 2 aromatic carbocycles. The number of carbonyl (C=O) groups excluding carboxylic acids is 1. The van der Waals surface area contributed by atoms with Crippen molar-refractivity contribution in [2.75, 3.05) is 37.0 Å². The molecule has 0 heterocycles. The molecule has 2 rings (SSSR count). The van der Waals surface area contributed by atoms with Crippen LogP contribution in [-0.2, 0) is 20.0 Å². The second kappa shape index (κ2) is 20.2. The zero-order valence-corrected chi connectivity index (χ0v) is 26.7. The molecule has 0 aliphatic carbocycles. The van der Waals surface area contributed by atoms with Crippen LogP contribution in [0.25, 0.3) is 0 Å². The minimum absolute atomic E-state index is 0.141. The van der Waals surface area contributed by atoms with Gasteiger partial charge in [-0.25, -0.2) is 0 Å². The Morgan fingerprint density at radius 3 is 2.10 bits per heavy atom. The van der Waals surface area contributed by atoms with Gasteiger partial charge in [-0.1, -0.05) is 59.2 Å². The maximum atomic E-state index is 13.1. The summed E-state index contributed by atoms with van der Waals surface area (Å²) >= 11 is 0. The van der Waals surface area contributed by atoms with Gasteiger partial charge in [0, 0.05) is 17.9 Å². The molecular weight excluding hydrogens is 531 g/mol. The Bertz CT molecular complexity index is 1130.